The van der Waals surface area contributed by atoms with Gasteiger partial charge in [-0.1, -0.05) is 31.2 Å². The van der Waals surface area contributed by atoms with Crippen LogP contribution in [0.15, 0.2) is 24.3 Å². The lowest BCUT2D eigenvalue weighted by Gasteiger charge is -2.11. The van der Waals surface area contributed by atoms with Gasteiger partial charge < -0.3 is 10.6 Å². The van der Waals surface area contributed by atoms with Crippen molar-refractivity contribution in [1.29, 1.82) is 0 Å². The van der Waals surface area contributed by atoms with E-state index in [0.717, 1.165) is 43.3 Å². The molecule has 2 aromatic rings. The van der Waals surface area contributed by atoms with Crippen LogP contribution < -0.4 is 10.6 Å². The molecule has 3 N–H and O–H groups in total. The Hall–Kier alpha value is -1.88. The second kappa shape index (κ2) is 5.01. The first kappa shape index (κ1) is 12.2. The number of hydrogen-bond acceptors (Lipinski definition) is 4. The number of hydrogen-bond donors (Lipinski definition) is 2. The van der Waals surface area contributed by atoms with Gasteiger partial charge in [-0.25, -0.2) is 0 Å². The van der Waals surface area contributed by atoms with Crippen LogP contribution in [0.25, 0.3) is 11.4 Å². The van der Waals surface area contributed by atoms with E-state index in [0.29, 0.717) is 0 Å². The van der Waals surface area contributed by atoms with E-state index in [1.165, 1.54) is 5.56 Å². The number of benzene rings is 1. The molecular formula is C14H19N5. The number of aromatic amines is 1. The highest BCUT2D eigenvalue weighted by molar-refractivity contribution is 5.57. The Bertz CT molecular complexity index is 545. The zero-order valence-electron chi connectivity index (χ0n) is 11.1. The Kier molecular flexibility index (Phi) is 3.21. The van der Waals surface area contributed by atoms with E-state index in [1.54, 1.807) is 0 Å². The Balaban J connectivity index is 1.80. The second-order valence-electron chi connectivity index (χ2n) is 5.03. The number of nitrogens with two attached hydrogens (primary N) is 1. The molecule has 1 aliphatic heterocycles. The van der Waals surface area contributed by atoms with Gasteiger partial charge >= 0.3 is 0 Å². The number of aryl methyl sites for hydroxylation is 1. The van der Waals surface area contributed by atoms with Crippen LogP contribution in [0.2, 0.25) is 0 Å². The van der Waals surface area contributed by atoms with E-state index in [-0.39, 0.29) is 6.04 Å². The fraction of sp³-hybridized carbons (Fsp3) is 0.429. The van der Waals surface area contributed by atoms with Crippen molar-refractivity contribution in [3.8, 4) is 11.4 Å². The molecule has 0 radical (unpaired) electrons. The highest BCUT2D eigenvalue weighted by Crippen LogP contribution is 2.20. The smallest absolute Gasteiger partial charge is 0.245 e. The summed E-state index contributed by atoms with van der Waals surface area (Å²) < 4.78 is 0. The molecular weight excluding hydrogens is 238 g/mol. The van der Waals surface area contributed by atoms with Crippen LogP contribution >= 0.6 is 0 Å². The van der Waals surface area contributed by atoms with Crippen LogP contribution in [-0.2, 0) is 6.42 Å². The number of H-pyrrole nitrogens is 1. The molecule has 1 aromatic carbocycles. The Morgan fingerprint density at radius 1 is 1.37 bits per heavy atom. The van der Waals surface area contributed by atoms with Gasteiger partial charge in [0, 0.05) is 24.7 Å². The third kappa shape index (κ3) is 2.46. The Labute approximate surface area is 112 Å². The van der Waals surface area contributed by atoms with E-state index >= 15 is 0 Å². The highest BCUT2D eigenvalue weighted by atomic mass is 15.4. The summed E-state index contributed by atoms with van der Waals surface area (Å²) in [6.07, 6.45) is 2.06. The summed E-state index contributed by atoms with van der Waals surface area (Å²) in [7, 11) is 0. The fourth-order valence-corrected chi connectivity index (χ4v) is 2.39. The van der Waals surface area contributed by atoms with E-state index in [9.17, 15) is 0 Å². The molecule has 5 heteroatoms. The summed E-state index contributed by atoms with van der Waals surface area (Å²) >= 11 is 0. The summed E-state index contributed by atoms with van der Waals surface area (Å²) in [6.45, 7) is 3.93. The van der Waals surface area contributed by atoms with Crippen molar-refractivity contribution in [3.05, 3.63) is 29.8 Å². The molecule has 100 valence electrons. The highest BCUT2D eigenvalue weighted by Gasteiger charge is 2.22. The summed E-state index contributed by atoms with van der Waals surface area (Å²) in [4.78, 5) is 6.69. The maximum absolute atomic E-state index is 5.90. The topological polar surface area (TPSA) is 70.8 Å². The molecule has 1 unspecified atom stereocenters. The number of rotatable bonds is 3. The molecule has 1 aliphatic rings. The van der Waals surface area contributed by atoms with Crippen molar-refractivity contribution in [3.63, 3.8) is 0 Å². The van der Waals surface area contributed by atoms with Gasteiger partial charge in [0.15, 0.2) is 5.82 Å². The Morgan fingerprint density at radius 2 is 2.16 bits per heavy atom. The minimum atomic E-state index is 0.241. The number of anilines is 1. The molecule has 0 bridgehead atoms. The molecule has 1 saturated heterocycles. The first-order chi connectivity index (χ1) is 9.26. The average molecular weight is 257 g/mol. The molecule has 1 atom stereocenters. The lowest BCUT2D eigenvalue weighted by molar-refractivity contribution is 0.750. The van der Waals surface area contributed by atoms with Crippen molar-refractivity contribution < 1.29 is 0 Å². The molecule has 2 heterocycles. The van der Waals surface area contributed by atoms with Crippen molar-refractivity contribution in [1.82, 2.24) is 15.2 Å². The van der Waals surface area contributed by atoms with Crippen molar-refractivity contribution >= 4 is 5.95 Å². The predicted molar refractivity (Wildman–Crippen MR) is 76.0 cm³/mol. The van der Waals surface area contributed by atoms with E-state index < -0.39 is 0 Å². The summed E-state index contributed by atoms with van der Waals surface area (Å²) in [5.74, 6) is 1.57. The minimum absolute atomic E-state index is 0.241. The van der Waals surface area contributed by atoms with Crippen LogP contribution in [0.4, 0.5) is 5.95 Å². The molecule has 0 spiro atoms. The van der Waals surface area contributed by atoms with Crippen molar-refractivity contribution in [2.75, 3.05) is 18.0 Å². The van der Waals surface area contributed by atoms with Crippen LogP contribution in [-0.4, -0.2) is 34.3 Å². The van der Waals surface area contributed by atoms with Crippen LogP contribution in [0.5, 0.6) is 0 Å². The minimum Gasteiger partial charge on any atom is -0.338 e. The zero-order valence-corrected chi connectivity index (χ0v) is 11.1. The Morgan fingerprint density at radius 3 is 2.79 bits per heavy atom. The first-order valence-electron chi connectivity index (χ1n) is 6.78. The molecule has 19 heavy (non-hydrogen) atoms. The van der Waals surface area contributed by atoms with Crippen molar-refractivity contribution in [2.24, 2.45) is 5.73 Å². The largest absolute Gasteiger partial charge is 0.338 e. The third-order valence-corrected chi connectivity index (χ3v) is 3.62. The van der Waals surface area contributed by atoms with Gasteiger partial charge in [0.25, 0.3) is 0 Å². The lowest BCUT2D eigenvalue weighted by atomic mass is 10.1. The van der Waals surface area contributed by atoms with E-state index in [1.807, 2.05) is 0 Å². The third-order valence-electron chi connectivity index (χ3n) is 3.62. The maximum atomic E-state index is 5.90. The normalized spacial score (nSPS) is 19.1. The van der Waals surface area contributed by atoms with Crippen LogP contribution in [0.3, 0.4) is 0 Å². The maximum Gasteiger partial charge on any atom is 0.245 e. The summed E-state index contributed by atoms with van der Waals surface area (Å²) in [5.41, 5.74) is 8.30. The van der Waals surface area contributed by atoms with Crippen molar-refractivity contribution in [2.45, 2.75) is 25.8 Å². The SMILES string of the molecule is CCc1ccc(-c2nc(N3CCC(N)C3)n[nH]2)cc1. The van der Waals surface area contributed by atoms with E-state index in [4.69, 9.17) is 5.73 Å². The van der Waals surface area contributed by atoms with Gasteiger partial charge in [-0.2, -0.15) is 4.98 Å². The number of nitrogens with zero attached hydrogens (tertiary/aromatic N) is 3. The molecule has 1 aromatic heterocycles. The van der Waals surface area contributed by atoms with Gasteiger partial charge in [-0.05, 0) is 18.4 Å². The first-order valence-corrected chi connectivity index (χ1v) is 6.78. The monoisotopic (exact) mass is 257 g/mol. The molecule has 0 amide bonds. The molecule has 1 fully saturated rings. The molecule has 3 rings (SSSR count). The zero-order chi connectivity index (χ0) is 13.2. The quantitative estimate of drug-likeness (QED) is 0.875. The average Bonchev–Trinajstić information content (AvgIpc) is 3.07. The van der Waals surface area contributed by atoms with Gasteiger partial charge in [0.05, 0.1) is 0 Å². The standard InChI is InChI=1S/C14H19N5/c1-2-10-3-5-11(6-4-10)13-16-14(18-17-13)19-8-7-12(15)9-19/h3-6,12H,2,7-9,15H2,1H3,(H,16,17,18). The summed E-state index contributed by atoms with van der Waals surface area (Å²) in [5, 5.41) is 7.29. The molecule has 0 aliphatic carbocycles. The van der Waals surface area contributed by atoms with Gasteiger partial charge in [-0.3, -0.25) is 5.10 Å². The molecule has 0 saturated carbocycles. The van der Waals surface area contributed by atoms with Gasteiger partial charge in [0.1, 0.15) is 0 Å². The van der Waals surface area contributed by atoms with Crippen LogP contribution in [0, 0.1) is 0 Å². The number of aromatic nitrogens is 3. The van der Waals surface area contributed by atoms with Gasteiger partial charge in [0.2, 0.25) is 5.95 Å². The number of nitrogens with one attached hydrogen (secondary N) is 1. The van der Waals surface area contributed by atoms with Gasteiger partial charge in [-0.15, -0.1) is 5.10 Å². The predicted octanol–water partition coefficient (Wildman–Crippen LogP) is 1.57. The lowest BCUT2D eigenvalue weighted by Crippen LogP contribution is -2.26. The fourth-order valence-electron chi connectivity index (χ4n) is 2.39. The second-order valence-corrected chi connectivity index (χ2v) is 5.03. The van der Waals surface area contributed by atoms with Crippen LogP contribution in [0.1, 0.15) is 18.9 Å². The summed E-state index contributed by atoms with van der Waals surface area (Å²) in [6, 6.07) is 8.66. The van der Waals surface area contributed by atoms with E-state index in [2.05, 4.69) is 51.3 Å². The molecule has 5 nitrogen and oxygen atoms in total.